The van der Waals surface area contributed by atoms with E-state index in [4.69, 9.17) is 5.73 Å². The van der Waals surface area contributed by atoms with Crippen LogP contribution in [-0.2, 0) is 4.79 Å². The topological polar surface area (TPSA) is 111 Å². The highest BCUT2D eigenvalue weighted by Gasteiger charge is 2.12. The van der Waals surface area contributed by atoms with Gasteiger partial charge >= 0.3 is 0 Å². The summed E-state index contributed by atoms with van der Waals surface area (Å²) in [5.41, 5.74) is 6.86. The van der Waals surface area contributed by atoms with Crippen LogP contribution in [0.1, 0.15) is 6.92 Å². The molecule has 1 aromatic carbocycles. The van der Waals surface area contributed by atoms with Gasteiger partial charge < -0.3 is 11.1 Å². The minimum absolute atomic E-state index is 0.0227. The number of nitrogens with two attached hydrogens (primary N) is 1. The Balaban J connectivity index is 2.16. The maximum atomic E-state index is 11.4. The van der Waals surface area contributed by atoms with Crippen LogP contribution in [0.4, 0.5) is 10.8 Å². The van der Waals surface area contributed by atoms with E-state index in [1.54, 1.807) is 24.4 Å². The monoisotopic (exact) mass is 292 g/mol. The first-order valence-corrected chi connectivity index (χ1v) is 6.62. The first-order chi connectivity index (χ1) is 9.47. The summed E-state index contributed by atoms with van der Waals surface area (Å²) in [5.74, 6) is -0.311. The van der Waals surface area contributed by atoms with Crippen molar-refractivity contribution in [2.24, 2.45) is 5.73 Å². The van der Waals surface area contributed by atoms with Crippen molar-refractivity contribution in [3.63, 3.8) is 0 Å². The van der Waals surface area contributed by atoms with Crippen LogP contribution < -0.4 is 11.1 Å². The first kappa shape index (κ1) is 14.1. The van der Waals surface area contributed by atoms with Crippen LogP contribution in [0.15, 0.2) is 29.6 Å². The van der Waals surface area contributed by atoms with Crippen molar-refractivity contribution < 1.29 is 9.72 Å². The molecular formula is C12H12N4O3S. The molecule has 0 saturated carbocycles. The number of hydrogen-bond donors (Lipinski definition) is 2. The number of nitro benzene ring substituents is 1. The van der Waals surface area contributed by atoms with Crippen molar-refractivity contribution in [3.05, 3.63) is 39.8 Å². The summed E-state index contributed by atoms with van der Waals surface area (Å²) < 4.78 is 0. The van der Waals surface area contributed by atoms with Crippen LogP contribution in [-0.4, -0.2) is 21.9 Å². The summed E-state index contributed by atoms with van der Waals surface area (Å²) in [4.78, 5) is 25.8. The van der Waals surface area contributed by atoms with E-state index < -0.39 is 11.0 Å². The molecule has 104 valence electrons. The average Bonchev–Trinajstić information content (AvgIpc) is 2.87. The molecule has 1 amide bonds. The van der Waals surface area contributed by atoms with Crippen LogP contribution in [0, 0.1) is 10.1 Å². The molecule has 0 unspecified atom stereocenters. The molecule has 2 rings (SSSR count). The molecule has 0 aliphatic carbocycles. The molecule has 1 heterocycles. The van der Waals surface area contributed by atoms with Crippen molar-refractivity contribution in [2.75, 3.05) is 5.32 Å². The lowest BCUT2D eigenvalue weighted by molar-refractivity contribution is -0.384. The molecule has 0 saturated heterocycles. The van der Waals surface area contributed by atoms with Crippen LogP contribution in [0.2, 0.25) is 0 Å². The van der Waals surface area contributed by atoms with Crippen molar-refractivity contribution in [1.29, 1.82) is 0 Å². The summed E-state index contributed by atoms with van der Waals surface area (Å²) in [7, 11) is 0. The van der Waals surface area contributed by atoms with Crippen LogP contribution in [0.25, 0.3) is 11.3 Å². The normalized spacial score (nSPS) is 11.9. The Bertz CT molecular complexity index is 636. The Morgan fingerprint density at radius 1 is 1.45 bits per heavy atom. The van der Waals surface area contributed by atoms with Gasteiger partial charge in [-0.15, -0.1) is 11.3 Å². The quantitative estimate of drug-likeness (QED) is 0.661. The van der Waals surface area contributed by atoms with E-state index in [-0.39, 0.29) is 11.6 Å². The Labute approximate surface area is 118 Å². The molecule has 0 aliphatic rings. The third kappa shape index (κ3) is 3.16. The third-order valence-corrected chi connectivity index (χ3v) is 3.28. The van der Waals surface area contributed by atoms with E-state index in [2.05, 4.69) is 10.3 Å². The number of nitro groups is 1. The van der Waals surface area contributed by atoms with Gasteiger partial charge in [-0.2, -0.15) is 0 Å². The Kier molecular flexibility index (Phi) is 4.06. The third-order valence-electron chi connectivity index (χ3n) is 2.52. The van der Waals surface area contributed by atoms with Crippen molar-refractivity contribution in [2.45, 2.75) is 13.0 Å². The zero-order chi connectivity index (χ0) is 14.7. The van der Waals surface area contributed by atoms with Crippen molar-refractivity contribution in [3.8, 4) is 11.3 Å². The molecule has 1 atom stereocenters. The molecule has 0 radical (unpaired) electrons. The molecule has 0 fully saturated rings. The van der Waals surface area contributed by atoms with Crippen LogP contribution in [0.5, 0.6) is 0 Å². The number of nitrogens with one attached hydrogen (secondary N) is 1. The van der Waals surface area contributed by atoms with E-state index in [1.807, 2.05) is 0 Å². The maximum Gasteiger partial charge on any atom is 0.269 e. The number of carbonyl (C=O) groups is 1. The molecule has 1 aromatic heterocycles. The second-order valence-corrected chi connectivity index (χ2v) is 4.98. The second-order valence-electron chi connectivity index (χ2n) is 4.12. The number of aromatic nitrogens is 1. The fourth-order valence-electron chi connectivity index (χ4n) is 1.44. The maximum absolute atomic E-state index is 11.4. The van der Waals surface area contributed by atoms with Gasteiger partial charge in [0.05, 0.1) is 16.7 Å². The molecule has 0 spiro atoms. The highest BCUT2D eigenvalue weighted by atomic mass is 32.1. The number of nitrogens with zero attached hydrogens (tertiary/aromatic N) is 2. The zero-order valence-corrected chi connectivity index (χ0v) is 11.4. The van der Waals surface area contributed by atoms with Crippen LogP contribution in [0.3, 0.4) is 0 Å². The van der Waals surface area contributed by atoms with Crippen LogP contribution >= 0.6 is 11.3 Å². The number of carbonyl (C=O) groups excluding carboxylic acids is 1. The Hall–Kier alpha value is -2.32. The number of non-ortho nitro benzene ring substituents is 1. The molecular weight excluding hydrogens is 280 g/mol. The number of thiazole rings is 1. The largest absolute Gasteiger partial charge is 0.320 e. The fourth-order valence-corrected chi connectivity index (χ4v) is 2.16. The second kappa shape index (κ2) is 5.76. The lowest BCUT2D eigenvalue weighted by Crippen LogP contribution is -2.32. The van der Waals surface area contributed by atoms with Gasteiger partial charge in [-0.05, 0) is 19.1 Å². The summed E-state index contributed by atoms with van der Waals surface area (Å²) >= 11 is 1.27. The molecule has 8 heteroatoms. The van der Waals surface area contributed by atoms with Gasteiger partial charge in [-0.25, -0.2) is 4.98 Å². The number of hydrogen-bond acceptors (Lipinski definition) is 6. The van der Waals surface area contributed by atoms with E-state index >= 15 is 0 Å². The van der Waals surface area contributed by atoms with Gasteiger partial charge in [-0.3, -0.25) is 14.9 Å². The highest BCUT2D eigenvalue weighted by Crippen LogP contribution is 2.26. The molecule has 7 nitrogen and oxygen atoms in total. The predicted octanol–water partition coefficient (Wildman–Crippen LogP) is 2.00. The fraction of sp³-hybridized carbons (Fsp3) is 0.167. The van der Waals surface area contributed by atoms with Gasteiger partial charge in [0, 0.05) is 23.1 Å². The Morgan fingerprint density at radius 2 is 2.10 bits per heavy atom. The lowest BCUT2D eigenvalue weighted by Gasteiger charge is -2.03. The van der Waals surface area contributed by atoms with Gasteiger partial charge in [0.25, 0.3) is 5.69 Å². The summed E-state index contributed by atoms with van der Waals surface area (Å²) in [6, 6.07) is 5.44. The van der Waals surface area contributed by atoms with Gasteiger partial charge in [0.1, 0.15) is 0 Å². The molecule has 0 bridgehead atoms. The molecule has 3 N–H and O–H groups in total. The van der Waals surface area contributed by atoms with E-state index in [0.717, 1.165) is 5.56 Å². The predicted molar refractivity (Wildman–Crippen MR) is 76.5 cm³/mol. The van der Waals surface area contributed by atoms with Gasteiger partial charge in [0.2, 0.25) is 5.91 Å². The summed E-state index contributed by atoms with van der Waals surface area (Å²) in [6.45, 7) is 1.58. The first-order valence-electron chi connectivity index (χ1n) is 5.74. The van der Waals surface area contributed by atoms with Crippen molar-refractivity contribution >= 4 is 28.1 Å². The molecule has 0 aliphatic heterocycles. The lowest BCUT2D eigenvalue weighted by atomic mass is 10.1. The molecule has 20 heavy (non-hydrogen) atoms. The van der Waals surface area contributed by atoms with E-state index in [0.29, 0.717) is 10.8 Å². The number of rotatable bonds is 4. The number of amides is 1. The summed E-state index contributed by atoms with van der Waals surface area (Å²) in [5, 5.41) is 15.4. The van der Waals surface area contributed by atoms with E-state index in [9.17, 15) is 14.9 Å². The number of benzene rings is 1. The van der Waals surface area contributed by atoms with E-state index in [1.165, 1.54) is 23.5 Å². The smallest absolute Gasteiger partial charge is 0.269 e. The van der Waals surface area contributed by atoms with Gasteiger partial charge in [0.15, 0.2) is 5.13 Å². The molecule has 2 aromatic rings. The summed E-state index contributed by atoms with van der Waals surface area (Å²) in [6.07, 6.45) is 0. The zero-order valence-electron chi connectivity index (χ0n) is 10.6. The number of anilines is 1. The minimum Gasteiger partial charge on any atom is -0.320 e. The SMILES string of the molecule is C[C@H](N)C(=O)Nc1nc(-c2ccc([N+](=O)[O-])cc2)cs1. The van der Waals surface area contributed by atoms with Crippen molar-refractivity contribution in [1.82, 2.24) is 4.98 Å². The minimum atomic E-state index is -0.610. The Morgan fingerprint density at radius 3 is 2.65 bits per heavy atom. The highest BCUT2D eigenvalue weighted by molar-refractivity contribution is 7.14. The standard InChI is InChI=1S/C12H12N4O3S/c1-7(13)11(17)15-12-14-10(6-20-12)8-2-4-9(5-3-8)16(18)19/h2-7H,13H2,1H3,(H,14,15,17)/t7-/m0/s1. The van der Waals surface area contributed by atoms with Gasteiger partial charge in [-0.1, -0.05) is 0 Å². The average molecular weight is 292 g/mol.